The van der Waals surface area contributed by atoms with Gasteiger partial charge in [-0.25, -0.2) is 4.98 Å². The molecule has 0 spiro atoms. The number of hydrogen-bond acceptors (Lipinski definition) is 6. The van der Waals surface area contributed by atoms with Crippen LogP contribution in [0.5, 0.6) is 0 Å². The number of rotatable bonds is 6. The van der Waals surface area contributed by atoms with Crippen LogP contribution in [0.4, 0.5) is 0 Å². The highest BCUT2D eigenvalue weighted by atomic mass is 16.5. The maximum absolute atomic E-state index is 12.6. The Morgan fingerprint density at radius 2 is 1.91 bits per heavy atom. The van der Waals surface area contributed by atoms with E-state index in [2.05, 4.69) is 16.2 Å². The van der Waals surface area contributed by atoms with Crippen molar-refractivity contribution in [3.8, 4) is 40.0 Å². The monoisotopic (exact) mass is 437 g/mol. The molecule has 3 heterocycles. The van der Waals surface area contributed by atoms with Crippen LogP contribution < -0.4 is 5.56 Å². The van der Waals surface area contributed by atoms with Gasteiger partial charge in [-0.3, -0.25) is 14.3 Å². The molecule has 1 aromatic carbocycles. The minimum absolute atomic E-state index is 0.230. The van der Waals surface area contributed by atoms with Crippen LogP contribution >= 0.6 is 0 Å². The molecule has 0 atom stereocenters. The van der Waals surface area contributed by atoms with Gasteiger partial charge in [-0.15, -0.1) is 0 Å². The smallest absolute Gasteiger partial charge is 0.251 e. The summed E-state index contributed by atoms with van der Waals surface area (Å²) in [5, 5.41) is 14.0. The van der Waals surface area contributed by atoms with Gasteiger partial charge in [-0.05, 0) is 44.4 Å². The van der Waals surface area contributed by atoms with Crippen molar-refractivity contribution in [2.24, 2.45) is 0 Å². The zero-order valence-corrected chi connectivity index (χ0v) is 18.7. The summed E-state index contributed by atoms with van der Waals surface area (Å²) < 4.78 is 7.07. The molecular weight excluding hydrogens is 414 g/mol. The molecule has 0 aliphatic carbocycles. The molecule has 164 valence electrons. The van der Waals surface area contributed by atoms with Crippen LogP contribution in [0.15, 0.2) is 64.2 Å². The molecule has 3 aromatic heterocycles. The highest BCUT2D eigenvalue weighted by Crippen LogP contribution is 2.29. The first kappa shape index (κ1) is 22.2. The molecule has 0 amide bonds. The number of aryl methyl sites for hydroxylation is 1. The molecule has 0 saturated carbocycles. The van der Waals surface area contributed by atoms with E-state index in [4.69, 9.17) is 16.4 Å². The maximum atomic E-state index is 12.6. The van der Waals surface area contributed by atoms with Gasteiger partial charge in [0.2, 0.25) is 0 Å². The standard InChI is InChI=1S/C26H23N5O2/c1-5-26(6-2,16-27)31-15-20(10-11-24(31)32)22-14-28-18(4)25(29-22)23-13-21(30-33-23)19-9-7-8-17(3)12-19/h3,7-15H,5-6H2,1-2,4H3. The van der Waals surface area contributed by atoms with Crippen molar-refractivity contribution in [3.63, 3.8) is 0 Å². The third-order valence-electron chi connectivity index (χ3n) is 5.93. The summed E-state index contributed by atoms with van der Waals surface area (Å²) in [6.45, 7) is 11.5. The third-order valence-corrected chi connectivity index (χ3v) is 5.93. The first-order valence-corrected chi connectivity index (χ1v) is 10.7. The van der Waals surface area contributed by atoms with Crippen LogP contribution in [0, 0.1) is 25.2 Å². The van der Waals surface area contributed by atoms with Crippen LogP contribution in [0.1, 0.15) is 37.9 Å². The van der Waals surface area contributed by atoms with E-state index in [-0.39, 0.29) is 5.56 Å². The Bertz CT molecular complexity index is 1410. The highest BCUT2D eigenvalue weighted by Gasteiger charge is 2.29. The third kappa shape index (κ3) is 4.08. The molecule has 7 heteroatoms. The van der Waals surface area contributed by atoms with Crippen LogP contribution in [-0.2, 0) is 5.54 Å². The maximum Gasteiger partial charge on any atom is 0.251 e. The largest absolute Gasteiger partial charge is 0.354 e. The molecule has 0 unspecified atom stereocenters. The SMILES string of the molecule is [CH]c1cccc(-c2cc(-c3nc(-c4ccc(=O)n(C(C#N)(CC)CC)c4)cnc3C)on2)c1. The lowest BCUT2D eigenvalue weighted by atomic mass is 9.94. The normalized spacial score (nSPS) is 11.4. The Labute approximate surface area is 192 Å². The molecule has 0 aliphatic rings. The van der Waals surface area contributed by atoms with Gasteiger partial charge in [0, 0.05) is 29.5 Å². The lowest BCUT2D eigenvalue weighted by molar-refractivity contribution is 0.345. The summed E-state index contributed by atoms with van der Waals surface area (Å²) in [6.07, 6.45) is 4.35. The van der Waals surface area contributed by atoms with Gasteiger partial charge in [-0.2, -0.15) is 5.26 Å². The molecular formula is C26H23N5O2. The Morgan fingerprint density at radius 1 is 1.12 bits per heavy atom. The summed E-state index contributed by atoms with van der Waals surface area (Å²) in [5.41, 5.74) is 3.44. The van der Waals surface area contributed by atoms with E-state index < -0.39 is 5.54 Å². The number of nitrogens with zero attached hydrogens (tertiary/aromatic N) is 5. The fourth-order valence-corrected chi connectivity index (χ4v) is 3.82. The van der Waals surface area contributed by atoms with E-state index in [1.165, 1.54) is 10.6 Å². The molecule has 33 heavy (non-hydrogen) atoms. The van der Waals surface area contributed by atoms with Gasteiger partial charge in [0.25, 0.3) is 5.56 Å². The Hall–Kier alpha value is -4.05. The van der Waals surface area contributed by atoms with Crippen molar-refractivity contribution in [1.29, 1.82) is 5.26 Å². The number of pyridine rings is 1. The second-order valence-corrected chi connectivity index (χ2v) is 7.87. The van der Waals surface area contributed by atoms with Gasteiger partial charge in [0.05, 0.1) is 23.7 Å². The van der Waals surface area contributed by atoms with E-state index in [0.717, 1.165) is 5.56 Å². The molecule has 0 fully saturated rings. The fourth-order valence-electron chi connectivity index (χ4n) is 3.82. The van der Waals surface area contributed by atoms with Crippen LogP contribution in [0.3, 0.4) is 0 Å². The molecule has 0 aliphatic heterocycles. The summed E-state index contributed by atoms with van der Waals surface area (Å²) in [5.74, 6) is 0.473. The predicted octanol–water partition coefficient (Wildman–Crippen LogP) is 5.03. The van der Waals surface area contributed by atoms with E-state index in [0.29, 0.717) is 52.5 Å². The quantitative estimate of drug-likeness (QED) is 0.419. The zero-order chi connectivity index (χ0) is 23.6. The molecule has 0 bridgehead atoms. The van der Waals surface area contributed by atoms with Crippen LogP contribution in [0.2, 0.25) is 0 Å². The zero-order valence-electron chi connectivity index (χ0n) is 18.7. The average molecular weight is 438 g/mol. The van der Waals surface area contributed by atoms with E-state index in [1.807, 2.05) is 39.0 Å². The Morgan fingerprint density at radius 3 is 2.61 bits per heavy atom. The molecule has 0 saturated heterocycles. The topological polar surface area (TPSA) is 97.6 Å². The van der Waals surface area contributed by atoms with Crippen LogP contribution in [0.25, 0.3) is 34.0 Å². The second-order valence-electron chi connectivity index (χ2n) is 7.87. The van der Waals surface area contributed by atoms with Crippen molar-refractivity contribution in [1.82, 2.24) is 19.7 Å². The summed E-state index contributed by atoms with van der Waals surface area (Å²) in [6, 6.07) is 14.6. The van der Waals surface area contributed by atoms with Crippen LogP contribution in [-0.4, -0.2) is 19.7 Å². The number of nitriles is 1. The molecule has 4 rings (SSSR count). The average Bonchev–Trinajstić information content (AvgIpc) is 3.32. The van der Waals surface area contributed by atoms with E-state index >= 15 is 0 Å². The van der Waals surface area contributed by atoms with Crippen molar-refractivity contribution in [3.05, 3.63) is 83.4 Å². The van der Waals surface area contributed by atoms with Crippen molar-refractivity contribution in [2.75, 3.05) is 0 Å². The lowest BCUT2D eigenvalue weighted by Gasteiger charge is -2.26. The Kier molecular flexibility index (Phi) is 5.93. The minimum atomic E-state index is -0.911. The van der Waals surface area contributed by atoms with Gasteiger partial charge < -0.3 is 4.52 Å². The first-order valence-electron chi connectivity index (χ1n) is 10.7. The summed E-state index contributed by atoms with van der Waals surface area (Å²) in [7, 11) is 0. The predicted molar refractivity (Wildman–Crippen MR) is 125 cm³/mol. The van der Waals surface area contributed by atoms with Gasteiger partial charge in [0.1, 0.15) is 16.9 Å². The van der Waals surface area contributed by atoms with E-state index in [9.17, 15) is 10.1 Å². The van der Waals surface area contributed by atoms with Crippen molar-refractivity contribution < 1.29 is 4.52 Å². The number of benzene rings is 1. The summed E-state index contributed by atoms with van der Waals surface area (Å²) in [4.78, 5) is 21.8. The van der Waals surface area contributed by atoms with E-state index in [1.54, 1.807) is 30.6 Å². The van der Waals surface area contributed by atoms with Crippen molar-refractivity contribution in [2.45, 2.75) is 39.2 Å². The van der Waals surface area contributed by atoms with Gasteiger partial charge in [0.15, 0.2) is 5.76 Å². The molecule has 7 nitrogen and oxygen atoms in total. The Balaban J connectivity index is 1.77. The molecule has 0 N–H and O–H groups in total. The van der Waals surface area contributed by atoms with Gasteiger partial charge in [-0.1, -0.05) is 37.2 Å². The lowest BCUT2D eigenvalue weighted by Crippen LogP contribution is -2.38. The molecule has 4 aromatic rings. The summed E-state index contributed by atoms with van der Waals surface area (Å²) >= 11 is 0. The number of hydrogen-bond donors (Lipinski definition) is 0. The highest BCUT2D eigenvalue weighted by molar-refractivity contribution is 5.68. The molecule has 2 radical (unpaired) electrons. The first-order chi connectivity index (χ1) is 15.9. The number of aromatic nitrogens is 4. The van der Waals surface area contributed by atoms with Crippen molar-refractivity contribution >= 4 is 0 Å². The minimum Gasteiger partial charge on any atom is -0.354 e. The second kappa shape index (κ2) is 8.83. The fraction of sp³-hybridized carbons (Fsp3) is 0.231. The van der Waals surface area contributed by atoms with Gasteiger partial charge >= 0.3 is 0 Å².